The molecule has 0 amide bonds. The van der Waals surface area contributed by atoms with Crippen LogP contribution in [0.3, 0.4) is 0 Å². The number of hydrogen-bond acceptors (Lipinski definition) is 5. The van der Waals surface area contributed by atoms with Crippen LogP contribution in [0.1, 0.15) is 25.8 Å². The Bertz CT molecular complexity index is 531. The van der Waals surface area contributed by atoms with E-state index in [1.54, 1.807) is 0 Å². The molecule has 1 aromatic carbocycles. The Morgan fingerprint density at radius 2 is 1.79 bits per heavy atom. The fourth-order valence-corrected chi connectivity index (χ4v) is 1.68. The number of anilines is 1. The molecule has 1 unspecified atom stereocenters. The lowest BCUT2D eigenvalue weighted by Crippen LogP contribution is -2.16. The third-order valence-electron chi connectivity index (χ3n) is 3.09. The average Bonchev–Trinajstić information content (AvgIpc) is 2.87. The molecule has 102 valence electrons. The maximum Gasteiger partial charge on any atom is 0.244 e. The van der Waals surface area contributed by atoms with Gasteiger partial charge in [0.15, 0.2) is 0 Å². The molecule has 0 spiro atoms. The van der Waals surface area contributed by atoms with Crippen molar-refractivity contribution in [3.8, 4) is 11.4 Å². The van der Waals surface area contributed by atoms with Crippen LogP contribution in [-0.2, 0) is 0 Å². The van der Waals surface area contributed by atoms with Gasteiger partial charge in [-0.25, -0.2) is 0 Å². The first-order valence-corrected chi connectivity index (χ1v) is 6.36. The van der Waals surface area contributed by atoms with Gasteiger partial charge in [-0.15, -0.1) is 0 Å². The summed E-state index contributed by atoms with van der Waals surface area (Å²) in [6, 6.07) is 7.78. The van der Waals surface area contributed by atoms with Gasteiger partial charge in [-0.1, -0.05) is 19.0 Å². The molecule has 0 saturated heterocycles. The molecule has 0 bridgehead atoms. The smallest absolute Gasteiger partial charge is 0.244 e. The largest absolute Gasteiger partial charge is 0.378 e. The van der Waals surface area contributed by atoms with Crippen LogP contribution in [0.15, 0.2) is 28.8 Å². The topological polar surface area (TPSA) is 68.2 Å². The highest BCUT2D eigenvalue weighted by atomic mass is 16.5. The van der Waals surface area contributed by atoms with Gasteiger partial charge in [-0.2, -0.15) is 4.98 Å². The second kappa shape index (κ2) is 5.40. The van der Waals surface area contributed by atoms with Crippen LogP contribution < -0.4 is 10.6 Å². The fourth-order valence-electron chi connectivity index (χ4n) is 1.68. The Morgan fingerprint density at radius 1 is 1.16 bits per heavy atom. The van der Waals surface area contributed by atoms with Crippen LogP contribution in [0, 0.1) is 5.92 Å². The summed E-state index contributed by atoms with van der Waals surface area (Å²) in [6.07, 6.45) is 0. The van der Waals surface area contributed by atoms with Crippen LogP contribution in [0.5, 0.6) is 0 Å². The molecule has 0 aliphatic carbocycles. The molecule has 0 fully saturated rings. The predicted octanol–water partition coefficient (Wildman–Crippen LogP) is 2.46. The molecule has 0 aliphatic rings. The molecular formula is C14H20N4O. The average molecular weight is 260 g/mol. The van der Waals surface area contributed by atoms with Gasteiger partial charge >= 0.3 is 0 Å². The summed E-state index contributed by atoms with van der Waals surface area (Å²) >= 11 is 0. The summed E-state index contributed by atoms with van der Waals surface area (Å²) in [5.41, 5.74) is 8.05. The number of hydrogen-bond donors (Lipinski definition) is 1. The van der Waals surface area contributed by atoms with Crippen molar-refractivity contribution < 1.29 is 4.52 Å². The minimum Gasteiger partial charge on any atom is -0.378 e. The van der Waals surface area contributed by atoms with Crippen molar-refractivity contribution >= 4 is 5.69 Å². The predicted molar refractivity (Wildman–Crippen MR) is 75.8 cm³/mol. The molecule has 0 aliphatic heterocycles. The summed E-state index contributed by atoms with van der Waals surface area (Å²) < 4.78 is 5.22. The summed E-state index contributed by atoms with van der Waals surface area (Å²) in [6.45, 7) is 4.06. The minimum atomic E-state index is -0.220. The quantitative estimate of drug-likeness (QED) is 0.914. The first-order valence-electron chi connectivity index (χ1n) is 6.36. The van der Waals surface area contributed by atoms with E-state index in [0.29, 0.717) is 11.7 Å². The molecule has 2 aromatic rings. The van der Waals surface area contributed by atoms with Gasteiger partial charge in [0.1, 0.15) is 0 Å². The second-order valence-electron chi connectivity index (χ2n) is 5.17. The number of rotatable bonds is 4. The Balaban J connectivity index is 2.23. The summed E-state index contributed by atoms with van der Waals surface area (Å²) in [5.74, 6) is 1.34. The van der Waals surface area contributed by atoms with Crippen LogP contribution >= 0.6 is 0 Å². The zero-order valence-corrected chi connectivity index (χ0v) is 11.8. The fraction of sp³-hybridized carbons (Fsp3) is 0.429. The van der Waals surface area contributed by atoms with Gasteiger partial charge in [-0.05, 0) is 30.2 Å². The standard InChI is InChI=1S/C14H20N4O/c1-9(2)12(15)14-16-13(17-19-14)10-5-7-11(8-6-10)18(3)4/h5-9,12H,15H2,1-4H3. The molecule has 5 heteroatoms. The second-order valence-corrected chi connectivity index (χ2v) is 5.17. The molecule has 0 saturated carbocycles. The number of benzene rings is 1. The zero-order chi connectivity index (χ0) is 14.0. The zero-order valence-electron chi connectivity index (χ0n) is 11.8. The minimum absolute atomic E-state index is 0.220. The molecule has 0 radical (unpaired) electrons. The molecule has 1 heterocycles. The lowest BCUT2D eigenvalue weighted by atomic mass is 10.1. The highest BCUT2D eigenvalue weighted by Crippen LogP contribution is 2.23. The maximum absolute atomic E-state index is 5.99. The number of nitrogens with two attached hydrogens (primary N) is 1. The van der Waals surface area contributed by atoms with E-state index in [0.717, 1.165) is 11.3 Å². The molecule has 1 atom stereocenters. The first-order chi connectivity index (χ1) is 8.99. The van der Waals surface area contributed by atoms with Crippen molar-refractivity contribution in [3.05, 3.63) is 30.2 Å². The molecule has 5 nitrogen and oxygen atoms in total. The molecule has 1 aromatic heterocycles. The van der Waals surface area contributed by atoms with E-state index in [-0.39, 0.29) is 12.0 Å². The van der Waals surface area contributed by atoms with Crippen molar-refractivity contribution in [3.63, 3.8) is 0 Å². The van der Waals surface area contributed by atoms with Gasteiger partial charge in [0.25, 0.3) is 0 Å². The SMILES string of the molecule is CC(C)C(N)c1nc(-c2ccc(N(C)C)cc2)no1. The van der Waals surface area contributed by atoms with Crippen LogP contribution in [0.2, 0.25) is 0 Å². The summed E-state index contributed by atoms with van der Waals surface area (Å²) in [5, 5.41) is 3.98. The normalized spacial score (nSPS) is 12.7. The van der Waals surface area contributed by atoms with Gasteiger partial charge in [0.05, 0.1) is 6.04 Å². The molecule has 2 rings (SSSR count). The lowest BCUT2D eigenvalue weighted by molar-refractivity contribution is 0.325. The lowest BCUT2D eigenvalue weighted by Gasteiger charge is -2.11. The number of aromatic nitrogens is 2. The van der Waals surface area contributed by atoms with Gasteiger partial charge in [-0.3, -0.25) is 0 Å². The van der Waals surface area contributed by atoms with Crippen LogP contribution in [0.4, 0.5) is 5.69 Å². The molecular weight excluding hydrogens is 240 g/mol. The van der Waals surface area contributed by atoms with Crippen LogP contribution in [-0.4, -0.2) is 24.2 Å². The van der Waals surface area contributed by atoms with Crippen molar-refractivity contribution in [2.75, 3.05) is 19.0 Å². The van der Waals surface area contributed by atoms with E-state index in [9.17, 15) is 0 Å². The van der Waals surface area contributed by atoms with E-state index in [1.165, 1.54) is 0 Å². The molecule has 2 N–H and O–H groups in total. The Kier molecular flexibility index (Phi) is 3.85. The van der Waals surface area contributed by atoms with Crippen molar-refractivity contribution in [2.24, 2.45) is 11.7 Å². The highest BCUT2D eigenvalue weighted by molar-refractivity contribution is 5.59. The monoisotopic (exact) mass is 260 g/mol. The van der Waals surface area contributed by atoms with Gasteiger partial charge < -0.3 is 15.2 Å². The molecule has 19 heavy (non-hydrogen) atoms. The van der Waals surface area contributed by atoms with E-state index in [2.05, 4.69) is 10.1 Å². The summed E-state index contributed by atoms with van der Waals surface area (Å²) in [7, 11) is 4.01. The highest BCUT2D eigenvalue weighted by Gasteiger charge is 2.18. The Morgan fingerprint density at radius 3 is 2.32 bits per heavy atom. The summed E-state index contributed by atoms with van der Waals surface area (Å²) in [4.78, 5) is 6.40. The number of nitrogens with zero attached hydrogens (tertiary/aromatic N) is 3. The maximum atomic E-state index is 5.99. The Hall–Kier alpha value is -1.88. The van der Waals surface area contributed by atoms with Gasteiger partial charge in [0.2, 0.25) is 11.7 Å². The third-order valence-corrected chi connectivity index (χ3v) is 3.09. The van der Waals surface area contributed by atoms with Crippen molar-refractivity contribution in [1.29, 1.82) is 0 Å². The van der Waals surface area contributed by atoms with Crippen molar-refractivity contribution in [2.45, 2.75) is 19.9 Å². The third kappa shape index (κ3) is 2.93. The van der Waals surface area contributed by atoms with E-state index in [4.69, 9.17) is 10.3 Å². The van der Waals surface area contributed by atoms with E-state index >= 15 is 0 Å². The van der Waals surface area contributed by atoms with E-state index < -0.39 is 0 Å². The van der Waals surface area contributed by atoms with E-state index in [1.807, 2.05) is 57.1 Å². The van der Waals surface area contributed by atoms with Crippen molar-refractivity contribution in [1.82, 2.24) is 10.1 Å². The Labute approximate surface area is 113 Å². The van der Waals surface area contributed by atoms with Crippen LogP contribution in [0.25, 0.3) is 11.4 Å². The van der Waals surface area contributed by atoms with Gasteiger partial charge in [0, 0.05) is 25.3 Å². The first kappa shape index (κ1) is 13.5.